The van der Waals surface area contributed by atoms with Gasteiger partial charge in [0.1, 0.15) is 29.8 Å². The van der Waals surface area contributed by atoms with Crippen LogP contribution >= 0.6 is 7.82 Å². The molecule has 3 heterocycles. The van der Waals surface area contributed by atoms with Crippen LogP contribution in [0.25, 0.3) is 5.52 Å². The van der Waals surface area contributed by atoms with Gasteiger partial charge in [0.15, 0.2) is 11.4 Å². The first-order valence-corrected chi connectivity index (χ1v) is 20.4. The van der Waals surface area contributed by atoms with E-state index < -0.39 is 31.4 Å². The Morgan fingerprint density at radius 1 is 1.04 bits per heavy atom. The second kappa shape index (κ2) is 22.0. The van der Waals surface area contributed by atoms with Crippen molar-refractivity contribution in [3.05, 3.63) is 59.3 Å². The molecule has 3 N–H and O–H groups in total. The number of phosphoric ester groups is 1. The molecule has 290 valence electrons. The highest BCUT2D eigenvalue weighted by Crippen LogP contribution is 2.46. The average Bonchev–Trinajstić information content (AvgIpc) is 3.79. The molecule has 1 saturated heterocycles. The predicted molar refractivity (Wildman–Crippen MR) is 197 cm³/mol. The molecular weight excluding hydrogens is 702 g/mol. The van der Waals surface area contributed by atoms with Gasteiger partial charge in [0.25, 0.3) is 0 Å². The lowest BCUT2D eigenvalue weighted by molar-refractivity contribution is -0.0560. The molecule has 0 saturated carbocycles. The van der Waals surface area contributed by atoms with Gasteiger partial charge in [-0.25, -0.2) is 18.5 Å². The van der Waals surface area contributed by atoms with Crippen LogP contribution in [0, 0.1) is 28.5 Å². The lowest BCUT2D eigenvalue weighted by Crippen LogP contribution is -2.28. The molecule has 1 aromatic carbocycles. The summed E-state index contributed by atoms with van der Waals surface area (Å²) < 4.78 is 56.9. The van der Waals surface area contributed by atoms with Crippen LogP contribution < -0.4 is 5.73 Å². The molecule has 15 heteroatoms. The number of phosphoric acid groups is 1. The number of rotatable bonds is 26. The van der Waals surface area contributed by atoms with E-state index in [2.05, 4.69) is 23.1 Å². The van der Waals surface area contributed by atoms with Crippen LogP contribution in [0.5, 0.6) is 0 Å². The lowest BCUT2D eigenvalue weighted by atomic mass is 9.98. The zero-order valence-corrected chi connectivity index (χ0v) is 31.7. The summed E-state index contributed by atoms with van der Waals surface area (Å²) in [4.78, 5) is 14.5. The zero-order chi connectivity index (χ0) is 37.9. The molecule has 53 heavy (non-hydrogen) atoms. The maximum absolute atomic E-state index is 14.0. The van der Waals surface area contributed by atoms with E-state index >= 15 is 0 Å². The summed E-state index contributed by atoms with van der Waals surface area (Å²) in [6.07, 6.45) is 16.6. The van der Waals surface area contributed by atoms with Crippen LogP contribution in [0.3, 0.4) is 0 Å². The molecular formula is C38H54FN6O7P. The van der Waals surface area contributed by atoms with Gasteiger partial charge in [-0.05, 0) is 55.2 Å². The van der Waals surface area contributed by atoms with E-state index in [1.807, 2.05) is 6.07 Å². The monoisotopic (exact) mass is 756 g/mol. The number of anilines is 1. The number of unbranched alkanes of at least 4 members (excludes halogenated alkanes) is 12. The van der Waals surface area contributed by atoms with Crippen LogP contribution in [-0.2, 0) is 40.0 Å². The summed E-state index contributed by atoms with van der Waals surface area (Å²) >= 11 is 0. The van der Waals surface area contributed by atoms with E-state index in [1.165, 1.54) is 87.2 Å². The molecule has 1 aliphatic heterocycles. The zero-order valence-electron chi connectivity index (χ0n) is 30.8. The third-order valence-corrected chi connectivity index (χ3v) is 10.3. The van der Waals surface area contributed by atoms with Crippen LogP contribution in [0.4, 0.5) is 10.2 Å². The molecule has 13 nitrogen and oxygen atoms in total. The number of halogens is 1. The standard InChI is InChI=1S/C38H54FN6O7P/c1-2-3-4-5-6-7-8-9-10-11-12-13-14-19-48-25-34(49-24-31-20-30(23-40)21-32(39)22-31)27-51-53(46,47)50-26-33-17-18-38(28-41,52-33)36-16-15-35-37(42)43-29-44-45(35)36/h15-16,20-22,29,33-34H,2-14,17-19,24-27H2,1H3,(H,46,47)(H2,42,43,44)/t33-,34+,38-/m0/s1. The minimum absolute atomic E-state index is 0.0639. The number of aromatic nitrogens is 3. The Kier molecular flexibility index (Phi) is 17.6. The first-order valence-electron chi connectivity index (χ1n) is 18.9. The number of hydrogen-bond donors (Lipinski definition) is 2. The van der Waals surface area contributed by atoms with E-state index in [9.17, 15) is 24.4 Å². The first kappa shape index (κ1) is 42.3. The van der Waals surface area contributed by atoms with Crippen LogP contribution in [0.2, 0.25) is 0 Å². The molecule has 3 aromatic rings. The SMILES string of the molecule is CCCCCCCCCCCCCCCOC[C@H](COP(=O)(O)OC[C@@H]1CC[C@](C#N)(c2ccc3c(N)ncnn23)O1)OCc1cc(F)cc(C#N)c1. The van der Waals surface area contributed by atoms with Gasteiger partial charge in [0.05, 0.1) is 49.9 Å². The third kappa shape index (κ3) is 13.7. The summed E-state index contributed by atoms with van der Waals surface area (Å²) in [7, 11) is -4.59. The molecule has 2 aromatic heterocycles. The Morgan fingerprint density at radius 3 is 2.42 bits per heavy atom. The van der Waals surface area contributed by atoms with Crippen molar-refractivity contribution in [3.63, 3.8) is 0 Å². The Morgan fingerprint density at radius 2 is 1.74 bits per heavy atom. The maximum atomic E-state index is 14.0. The third-order valence-electron chi connectivity index (χ3n) is 9.38. The fraction of sp³-hybridized carbons (Fsp3) is 0.632. The first-order chi connectivity index (χ1) is 25.7. The molecule has 0 amide bonds. The van der Waals surface area contributed by atoms with Gasteiger partial charge in [0.2, 0.25) is 0 Å². The summed E-state index contributed by atoms with van der Waals surface area (Å²) in [6, 6.07) is 11.4. The van der Waals surface area contributed by atoms with E-state index in [0.29, 0.717) is 36.2 Å². The molecule has 0 bridgehead atoms. The van der Waals surface area contributed by atoms with Crippen molar-refractivity contribution in [2.45, 2.75) is 128 Å². The van der Waals surface area contributed by atoms with Crippen molar-refractivity contribution in [1.82, 2.24) is 14.6 Å². The van der Waals surface area contributed by atoms with Gasteiger partial charge in [0, 0.05) is 6.61 Å². The molecule has 1 fully saturated rings. The topological polar surface area (TPSA) is 187 Å². The number of nitrogen functional groups attached to an aromatic ring is 1. The van der Waals surface area contributed by atoms with Gasteiger partial charge in [-0.2, -0.15) is 15.6 Å². The Bertz CT molecular complexity index is 1700. The Hall–Kier alpha value is -3.46. The summed E-state index contributed by atoms with van der Waals surface area (Å²) in [5.74, 6) is -0.315. The largest absolute Gasteiger partial charge is 0.472 e. The number of ether oxygens (including phenoxy) is 3. The van der Waals surface area contributed by atoms with E-state index in [1.54, 1.807) is 12.1 Å². The second-order valence-electron chi connectivity index (χ2n) is 13.6. The summed E-state index contributed by atoms with van der Waals surface area (Å²) in [5.41, 5.74) is 6.15. The highest BCUT2D eigenvalue weighted by Gasteiger charge is 2.45. The number of fused-ring (bicyclic) bond motifs is 1. The number of hydrogen-bond acceptors (Lipinski definition) is 11. The highest BCUT2D eigenvalue weighted by molar-refractivity contribution is 7.47. The number of benzene rings is 1. The predicted octanol–water partition coefficient (Wildman–Crippen LogP) is 8.05. The Labute approximate surface area is 312 Å². The maximum Gasteiger partial charge on any atom is 0.472 e. The fourth-order valence-corrected chi connectivity index (χ4v) is 7.24. The number of nitrogens with two attached hydrogens (primary N) is 1. The van der Waals surface area contributed by atoms with Crippen molar-refractivity contribution >= 4 is 19.2 Å². The number of nitrogens with zero attached hydrogens (tertiary/aromatic N) is 5. The van der Waals surface area contributed by atoms with Gasteiger partial charge in [-0.1, -0.05) is 84.0 Å². The second-order valence-corrected chi connectivity index (χ2v) is 15.1. The summed E-state index contributed by atoms with van der Waals surface area (Å²) in [6.45, 7) is 2.06. The van der Waals surface area contributed by atoms with Crippen molar-refractivity contribution < 1.29 is 37.1 Å². The normalized spacial score (nSPS) is 18.8. The van der Waals surface area contributed by atoms with Gasteiger partial charge in [-0.3, -0.25) is 9.05 Å². The quantitative estimate of drug-likeness (QED) is 0.0594. The van der Waals surface area contributed by atoms with Crippen molar-refractivity contribution in [3.8, 4) is 12.1 Å². The average molecular weight is 757 g/mol. The van der Waals surface area contributed by atoms with Crippen LogP contribution in [-0.4, -0.2) is 58.1 Å². The molecule has 1 unspecified atom stereocenters. The molecule has 4 atom stereocenters. The highest BCUT2D eigenvalue weighted by atomic mass is 31.2. The lowest BCUT2D eigenvalue weighted by Gasteiger charge is -2.23. The molecule has 4 rings (SSSR count). The van der Waals surface area contributed by atoms with Gasteiger partial charge in [-0.15, -0.1) is 0 Å². The van der Waals surface area contributed by atoms with Gasteiger partial charge < -0.3 is 24.8 Å². The minimum Gasteiger partial charge on any atom is -0.382 e. The van der Waals surface area contributed by atoms with E-state index in [0.717, 1.165) is 25.3 Å². The minimum atomic E-state index is -4.59. The molecule has 1 aliphatic rings. The number of nitriles is 2. The molecule has 0 aliphatic carbocycles. The van der Waals surface area contributed by atoms with Crippen LogP contribution in [0.1, 0.15) is 120 Å². The smallest absolute Gasteiger partial charge is 0.382 e. The van der Waals surface area contributed by atoms with Crippen molar-refractivity contribution in [2.24, 2.45) is 0 Å². The van der Waals surface area contributed by atoms with Crippen molar-refractivity contribution in [1.29, 1.82) is 10.5 Å². The van der Waals surface area contributed by atoms with Crippen molar-refractivity contribution in [2.75, 3.05) is 32.2 Å². The molecule has 0 spiro atoms. The Balaban J connectivity index is 1.20. The van der Waals surface area contributed by atoms with Gasteiger partial charge >= 0.3 is 7.82 Å². The van der Waals surface area contributed by atoms with Crippen LogP contribution in [0.15, 0.2) is 36.7 Å². The summed E-state index contributed by atoms with van der Waals surface area (Å²) in [5, 5.41) is 23.5. The molecule has 0 radical (unpaired) electrons. The fourth-order valence-electron chi connectivity index (χ4n) is 6.46. The van der Waals surface area contributed by atoms with E-state index in [4.69, 9.17) is 29.0 Å². The van der Waals surface area contributed by atoms with E-state index in [-0.39, 0.29) is 37.8 Å².